The molecule has 150 valence electrons. The Balaban J connectivity index is 1.51. The van der Waals surface area contributed by atoms with Crippen molar-refractivity contribution in [1.82, 2.24) is 5.32 Å². The zero-order chi connectivity index (χ0) is 19.0. The molecule has 0 aromatic rings. The molecule has 1 saturated heterocycles. The van der Waals surface area contributed by atoms with Crippen molar-refractivity contribution >= 4 is 11.9 Å². The molecule has 0 radical (unpaired) electrons. The van der Waals surface area contributed by atoms with Crippen molar-refractivity contribution in [2.24, 2.45) is 39.9 Å². The summed E-state index contributed by atoms with van der Waals surface area (Å²) >= 11 is 0. The number of amides is 1. The largest absolute Gasteiger partial charge is 0.469 e. The van der Waals surface area contributed by atoms with Gasteiger partial charge in [0.15, 0.2) is 0 Å². The normalized spacial score (nSPS) is 50.0. The second-order valence-corrected chi connectivity index (χ2v) is 11.0. The molecule has 7 atom stereocenters. The highest BCUT2D eigenvalue weighted by Crippen LogP contribution is 2.72. The van der Waals surface area contributed by atoms with Gasteiger partial charge in [-0.3, -0.25) is 9.59 Å². The molecule has 5 rings (SSSR count). The van der Waals surface area contributed by atoms with Gasteiger partial charge in [-0.1, -0.05) is 20.3 Å². The first-order valence-electron chi connectivity index (χ1n) is 11.2. The van der Waals surface area contributed by atoms with Crippen LogP contribution in [0.4, 0.5) is 0 Å². The molecule has 1 aliphatic heterocycles. The van der Waals surface area contributed by atoms with Gasteiger partial charge in [0.1, 0.15) is 0 Å². The number of carbonyl (C=O) groups is 2. The number of carbonyl (C=O) groups excluding carboxylic acids is 2. The summed E-state index contributed by atoms with van der Waals surface area (Å²) in [5.74, 6) is 2.42. The van der Waals surface area contributed by atoms with Crippen LogP contribution in [-0.2, 0) is 14.3 Å². The third-order valence-corrected chi connectivity index (χ3v) is 10.0. The molecule has 5 fully saturated rings. The second-order valence-electron chi connectivity index (χ2n) is 11.0. The summed E-state index contributed by atoms with van der Waals surface area (Å²) < 4.78 is 5.22. The Kier molecular flexibility index (Phi) is 3.82. The van der Waals surface area contributed by atoms with Crippen molar-refractivity contribution in [3.63, 3.8) is 0 Å². The van der Waals surface area contributed by atoms with Gasteiger partial charge in [-0.25, -0.2) is 0 Å². The molecular weight excluding hydrogens is 338 g/mol. The van der Waals surface area contributed by atoms with Gasteiger partial charge < -0.3 is 10.1 Å². The van der Waals surface area contributed by atoms with Gasteiger partial charge in [-0.05, 0) is 85.4 Å². The van der Waals surface area contributed by atoms with Crippen LogP contribution in [0.5, 0.6) is 0 Å². The van der Waals surface area contributed by atoms with Crippen molar-refractivity contribution in [3.8, 4) is 0 Å². The maximum absolute atomic E-state index is 12.6. The lowest BCUT2D eigenvalue weighted by atomic mass is 9.41. The summed E-state index contributed by atoms with van der Waals surface area (Å²) in [6.07, 6.45) is 11.4. The SMILES string of the molecule is COC(=O)[C@H]1CCCC2C3CC4(CC4)C4NC(=O)CC[C@]4(C)C3CC[C@@]21C. The summed E-state index contributed by atoms with van der Waals surface area (Å²) in [4.78, 5) is 24.8. The number of hydrogen-bond donors (Lipinski definition) is 1. The standard InChI is InChI=1S/C23H35NO3/c1-21-9-7-16-14(15(21)5-4-6-17(21)19(26)27-3)13-23(11-12-23)20-22(16,2)10-8-18(25)24-20/h14-17,20H,4-13H2,1-3H3,(H,24,25)/t14?,15?,16?,17-,20?,21+,22-/m1/s1. The first-order valence-corrected chi connectivity index (χ1v) is 11.2. The van der Waals surface area contributed by atoms with E-state index in [1.165, 1.54) is 32.1 Å². The summed E-state index contributed by atoms with van der Waals surface area (Å²) in [6.45, 7) is 4.88. The summed E-state index contributed by atoms with van der Waals surface area (Å²) in [5.41, 5.74) is 0.693. The molecule has 4 saturated carbocycles. The molecule has 1 spiro atoms. The Bertz CT molecular complexity index is 671. The van der Waals surface area contributed by atoms with Crippen molar-refractivity contribution in [2.45, 2.75) is 84.1 Å². The van der Waals surface area contributed by atoms with E-state index in [0.717, 1.165) is 31.6 Å². The highest BCUT2D eigenvalue weighted by molar-refractivity contribution is 5.77. The molecule has 4 heteroatoms. The lowest BCUT2D eigenvalue weighted by molar-refractivity contribution is -0.176. The van der Waals surface area contributed by atoms with E-state index in [1.807, 2.05) is 0 Å². The van der Waals surface area contributed by atoms with Gasteiger partial charge in [-0.2, -0.15) is 0 Å². The number of methoxy groups -OCH3 is 1. The first kappa shape index (κ1) is 18.0. The van der Waals surface area contributed by atoms with Crippen LogP contribution in [0.25, 0.3) is 0 Å². The maximum atomic E-state index is 12.6. The lowest BCUT2D eigenvalue weighted by Gasteiger charge is -2.65. The third kappa shape index (κ3) is 2.34. The molecule has 1 amide bonds. The average Bonchev–Trinajstić information content (AvgIpc) is 3.42. The highest BCUT2D eigenvalue weighted by atomic mass is 16.5. The van der Waals surface area contributed by atoms with E-state index in [4.69, 9.17) is 4.74 Å². The Labute approximate surface area is 163 Å². The summed E-state index contributed by atoms with van der Waals surface area (Å²) in [6, 6.07) is 0.386. The fraction of sp³-hybridized carbons (Fsp3) is 0.913. The Morgan fingerprint density at radius 1 is 1.04 bits per heavy atom. The fourth-order valence-electron chi connectivity index (χ4n) is 8.53. The number of nitrogens with one attached hydrogen (secondary N) is 1. The number of hydrogen-bond acceptors (Lipinski definition) is 3. The minimum absolute atomic E-state index is 0.0200. The van der Waals surface area contributed by atoms with E-state index in [2.05, 4.69) is 19.2 Å². The van der Waals surface area contributed by atoms with E-state index in [-0.39, 0.29) is 28.6 Å². The lowest BCUT2D eigenvalue weighted by Crippen LogP contribution is -2.66. The third-order valence-electron chi connectivity index (χ3n) is 10.0. The number of ether oxygens (including phenoxy) is 1. The Morgan fingerprint density at radius 2 is 1.78 bits per heavy atom. The van der Waals surface area contributed by atoms with Gasteiger partial charge in [0.2, 0.25) is 5.91 Å². The highest BCUT2D eigenvalue weighted by Gasteiger charge is 2.68. The molecule has 0 bridgehead atoms. The van der Waals surface area contributed by atoms with Crippen LogP contribution in [0.3, 0.4) is 0 Å². The first-order chi connectivity index (χ1) is 12.8. The Hall–Kier alpha value is -1.06. The van der Waals surface area contributed by atoms with Crippen molar-refractivity contribution in [2.75, 3.05) is 7.11 Å². The predicted molar refractivity (Wildman–Crippen MR) is 103 cm³/mol. The number of fused-ring (bicyclic) bond motifs is 6. The van der Waals surface area contributed by atoms with Crippen LogP contribution in [0.15, 0.2) is 0 Å². The quantitative estimate of drug-likeness (QED) is 0.705. The van der Waals surface area contributed by atoms with Gasteiger partial charge in [0.05, 0.1) is 13.0 Å². The van der Waals surface area contributed by atoms with E-state index < -0.39 is 0 Å². The minimum atomic E-state index is 0.0200. The van der Waals surface area contributed by atoms with E-state index in [0.29, 0.717) is 29.7 Å². The molecule has 4 aliphatic carbocycles. The van der Waals surface area contributed by atoms with Crippen LogP contribution in [-0.4, -0.2) is 25.0 Å². The smallest absolute Gasteiger partial charge is 0.309 e. The van der Waals surface area contributed by atoms with Crippen molar-refractivity contribution in [1.29, 1.82) is 0 Å². The molecule has 0 aromatic carbocycles. The molecular formula is C23H35NO3. The molecule has 1 N–H and O–H groups in total. The van der Waals surface area contributed by atoms with Gasteiger partial charge in [0, 0.05) is 12.5 Å². The van der Waals surface area contributed by atoms with Crippen LogP contribution >= 0.6 is 0 Å². The van der Waals surface area contributed by atoms with Crippen LogP contribution in [0.2, 0.25) is 0 Å². The topological polar surface area (TPSA) is 55.4 Å². The second kappa shape index (κ2) is 5.73. The summed E-state index contributed by atoms with van der Waals surface area (Å²) in [7, 11) is 1.55. The van der Waals surface area contributed by atoms with E-state index >= 15 is 0 Å². The fourth-order valence-corrected chi connectivity index (χ4v) is 8.53. The Morgan fingerprint density at radius 3 is 2.48 bits per heavy atom. The molecule has 4 unspecified atom stereocenters. The number of esters is 1. The molecule has 4 nitrogen and oxygen atoms in total. The van der Waals surface area contributed by atoms with Gasteiger partial charge >= 0.3 is 5.97 Å². The zero-order valence-corrected chi connectivity index (χ0v) is 17.2. The van der Waals surface area contributed by atoms with E-state index in [1.54, 1.807) is 7.11 Å². The van der Waals surface area contributed by atoms with Crippen LogP contribution in [0, 0.1) is 39.9 Å². The molecule has 5 aliphatic rings. The van der Waals surface area contributed by atoms with Crippen LogP contribution in [0.1, 0.15) is 78.1 Å². The number of piperidine rings is 1. The zero-order valence-electron chi connectivity index (χ0n) is 17.2. The molecule has 1 heterocycles. The van der Waals surface area contributed by atoms with Crippen LogP contribution < -0.4 is 5.32 Å². The predicted octanol–water partition coefficient (Wildman–Crippen LogP) is 4.08. The maximum Gasteiger partial charge on any atom is 0.309 e. The van der Waals surface area contributed by atoms with Gasteiger partial charge in [-0.15, -0.1) is 0 Å². The monoisotopic (exact) mass is 373 g/mol. The molecule has 0 aromatic heterocycles. The van der Waals surface area contributed by atoms with Crippen molar-refractivity contribution < 1.29 is 14.3 Å². The molecule has 27 heavy (non-hydrogen) atoms. The van der Waals surface area contributed by atoms with Gasteiger partial charge in [0.25, 0.3) is 0 Å². The minimum Gasteiger partial charge on any atom is -0.469 e. The summed E-state index contributed by atoms with van der Waals surface area (Å²) in [5, 5.41) is 3.45. The average molecular weight is 374 g/mol. The van der Waals surface area contributed by atoms with E-state index in [9.17, 15) is 9.59 Å². The number of rotatable bonds is 1. The van der Waals surface area contributed by atoms with Crippen molar-refractivity contribution in [3.05, 3.63) is 0 Å².